The van der Waals surface area contributed by atoms with Crippen molar-refractivity contribution in [1.82, 2.24) is 9.80 Å². The van der Waals surface area contributed by atoms with Crippen molar-refractivity contribution in [2.24, 2.45) is 5.92 Å². The topological polar surface area (TPSA) is 52.7 Å². The number of nitrogens with one attached hydrogen (secondary N) is 1. The van der Waals surface area contributed by atoms with E-state index in [1.807, 2.05) is 17.0 Å². The molecule has 1 aromatic carbocycles. The number of likely N-dealkylation sites (tertiary alicyclic amines) is 2. The number of benzene rings is 1. The first-order valence-corrected chi connectivity index (χ1v) is 10.1. The van der Waals surface area contributed by atoms with E-state index in [9.17, 15) is 9.59 Å². The maximum Gasteiger partial charge on any atom is 0.229 e. The first kappa shape index (κ1) is 17.5. The Balaban J connectivity index is 1.30. The van der Waals surface area contributed by atoms with Gasteiger partial charge in [-0.25, -0.2) is 0 Å². The predicted octanol–water partition coefficient (Wildman–Crippen LogP) is 3.01. The predicted molar refractivity (Wildman–Crippen MR) is 102 cm³/mol. The van der Waals surface area contributed by atoms with Gasteiger partial charge in [0, 0.05) is 31.2 Å². The first-order valence-electron chi connectivity index (χ1n) is 10.1. The Morgan fingerprint density at radius 3 is 2.42 bits per heavy atom. The lowest BCUT2D eigenvalue weighted by Gasteiger charge is -2.23. The number of hydrogen-bond acceptors (Lipinski definition) is 3. The van der Waals surface area contributed by atoms with Crippen LogP contribution in [-0.4, -0.2) is 47.3 Å². The summed E-state index contributed by atoms with van der Waals surface area (Å²) in [5.41, 5.74) is 2.11. The fourth-order valence-corrected chi connectivity index (χ4v) is 4.61. The van der Waals surface area contributed by atoms with Crippen molar-refractivity contribution in [3.8, 4) is 0 Å². The normalized spacial score (nSPS) is 24.5. The lowest BCUT2D eigenvalue weighted by Crippen LogP contribution is -2.35. The molecule has 0 radical (unpaired) electrons. The highest BCUT2D eigenvalue weighted by Gasteiger charge is 2.38. The Morgan fingerprint density at radius 2 is 1.73 bits per heavy atom. The number of rotatable bonds is 5. The van der Waals surface area contributed by atoms with Gasteiger partial charge in [-0.05, 0) is 56.5 Å². The summed E-state index contributed by atoms with van der Waals surface area (Å²) in [6.07, 6.45) is 7.55. The van der Waals surface area contributed by atoms with E-state index in [4.69, 9.17) is 0 Å². The van der Waals surface area contributed by atoms with Crippen LogP contribution in [0.5, 0.6) is 0 Å². The van der Waals surface area contributed by atoms with E-state index in [1.54, 1.807) is 0 Å². The molecule has 2 aliphatic heterocycles. The zero-order chi connectivity index (χ0) is 17.9. The van der Waals surface area contributed by atoms with E-state index in [0.29, 0.717) is 19.0 Å². The van der Waals surface area contributed by atoms with Crippen LogP contribution in [0, 0.1) is 5.92 Å². The molecular weight excluding hydrogens is 326 g/mol. The second kappa shape index (κ2) is 7.78. The number of amides is 2. The average molecular weight is 355 g/mol. The summed E-state index contributed by atoms with van der Waals surface area (Å²) in [7, 11) is 0. The molecule has 140 valence electrons. The van der Waals surface area contributed by atoms with Crippen LogP contribution in [0.3, 0.4) is 0 Å². The standard InChI is InChI=1S/C21H29N3O2/c25-20-13-17(15-24(20)19-5-1-2-6-19)21(26)22-18-9-7-16(8-10-18)14-23-11-3-4-12-23/h7-10,17,19H,1-6,11-15H2,(H,22,26)/t17-/m1/s1. The lowest BCUT2D eigenvalue weighted by molar-refractivity contribution is -0.129. The molecule has 26 heavy (non-hydrogen) atoms. The minimum absolute atomic E-state index is 0.0221. The van der Waals surface area contributed by atoms with Gasteiger partial charge in [-0.1, -0.05) is 25.0 Å². The van der Waals surface area contributed by atoms with Crippen molar-refractivity contribution in [3.63, 3.8) is 0 Å². The van der Waals surface area contributed by atoms with Gasteiger partial charge < -0.3 is 10.2 Å². The Bertz CT molecular complexity index is 646. The third-order valence-corrected chi connectivity index (χ3v) is 6.12. The van der Waals surface area contributed by atoms with Crippen molar-refractivity contribution in [3.05, 3.63) is 29.8 Å². The molecule has 1 atom stereocenters. The minimum Gasteiger partial charge on any atom is -0.339 e. The van der Waals surface area contributed by atoms with Gasteiger partial charge in [-0.2, -0.15) is 0 Å². The highest BCUT2D eigenvalue weighted by molar-refractivity contribution is 5.97. The van der Waals surface area contributed by atoms with Gasteiger partial charge in [0.05, 0.1) is 5.92 Å². The monoisotopic (exact) mass is 355 g/mol. The Labute approximate surface area is 155 Å². The lowest BCUT2D eigenvalue weighted by atomic mass is 10.1. The summed E-state index contributed by atoms with van der Waals surface area (Å²) < 4.78 is 0. The van der Waals surface area contributed by atoms with E-state index < -0.39 is 0 Å². The molecule has 0 bridgehead atoms. The summed E-state index contributed by atoms with van der Waals surface area (Å²) >= 11 is 0. The van der Waals surface area contributed by atoms with Gasteiger partial charge in [0.15, 0.2) is 0 Å². The quantitative estimate of drug-likeness (QED) is 0.883. The number of anilines is 1. The molecule has 5 heteroatoms. The molecular formula is C21H29N3O2. The SMILES string of the molecule is O=C(Nc1ccc(CN2CCCC2)cc1)[C@@H]1CC(=O)N(C2CCCC2)C1. The molecule has 0 spiro atoms. The first-order chi connectivity index (χ1) is 12.7. The molecule has 1 aliphatic carbocycles. The Morgan fingerprint density at radius 1 is 1.04 bits per heavy atom. The highest BCUT2D eigenvalue weighted by atomic mass is 16.2. The van der Waals surface area contributed by atoms with Crippen molar-refractivity contribution in [2.75, 3.05) is 25.0 Å². The third kappa shape index (κ3) is 3.93. The van der Waals surface area contributed by atoms with E-state index in [0.717, 1.165) is 25.1 Å². The zero-order valence-corrected chi connectivity index (χ0v) is 15.5. The summed E-state index contributed by atoms with van der Waals surface area (Å²) in [5, 5.41) is 3.00. The van der Waals surface area contributed by atoms with Crippen LogP contribution in [0.25, 0.3) is 0 Å². The van der Waals surface area contributed by atoms with Crippen molar-refractivity contribution in [2.45, 2.75) is 57.5 Å². The zero-order valence-electron chi connectivity index (χ0n) is 15.5. The van der Waals surface area contributed by atoms with Gasteiger partial charge >= 0.3 is 0 Å². The fourth-order valence-electron chi connectivity index (χ4n) is 4.61. The van der Waals surface area contributed by atoms with Gasteiger partial charge in [-0.3, -0.25) is 14.5 Å². The molecule has 2 amide bonds. The van der Waals surface area contributed by atoms with Gasteiger partial charge in [-0.15, -0.1) is 0 Å². The van der Waals surface area contributed by atoms with Crippen LogP contribution in [0.4, 0.5) is 5.69 Å². The number of nitrogens with zero attached hydrogens (tertiary/aromatic N) is 2. The van der Waals surface area contributed by atoms with E-state index in [-0.39, 0.29) is 17.7 Å². The molecule has 2 heterocycles. The Hall–Kier alpha value is -1.88. The minimum atomic E-state index is -0.215. The van der Waals surface area contributed by atoms with Gasteiger partial charge in [0.25, 0.3) is 0 Å². The van der Waals surface area contributed by atoms with Gasteiger partial charge in [0.2, 0.25) is 11.8 Å². The molecule has 0 unspecified atom stereocenters. The van der Waals surface area contributed by atoms with Crippen LogP contribution in [-0.2, 0) is 16.1 Å². The van der Waals surface area contributed by atoms with Crippen molar-refractivity contribution in [1.29, 1.82) is 0 Å². The van der Waals surface area contributed by atoms with Crippen LogP contribution in [0.15, 0.2) is 24.3 Å². The summed E-state index contributed by atoms with van der Waals surface area (Å²) in [6, 6.07) is 8.52. The third-order valence-electron chi connectivity index (χ3n) is 6.12. The largest absolute Gasteiger partial charge is 0.339 e. The van der Waals surface area contributed by atoms with Crippen LogP contribution in [0.2, 0.25) is 0 Å². The van der Waals surface area contributed by atoms with E-state index in [1.165, 1.54) is 44.3 Å². The van der Waals surface area contributed by atoms with E-state index in [2.05, 4.69) is 22.3 Å². The molecule has 1 aromatic rings. The second-order valence-corrected chi connectivity index (χ2v) is 8.05. The molecule has 2 saturated heterocycles. The molecule has 0 aromatic heterocycles. The molecule has 3 aliphatic rings. The van der Waals surface area contributed by atoms with E-state index >= 15 is 0 Å². The summed E-state index contributed by atoms with van der Waals surface area (Å²) in [5.74, 6) is -0.0865. The fraction of sp³-hybridized carbons (Fsp3) is 0.619. The highest BCUT2D eigenvalue weighted by Crippen LogP contribution is 2.30. The number of carbonyl (C=O) groups excluding carboxylic acids is 2. The summed E-state index contributed by atoms with van der Waals surface area (Å²) in [6.45, 7) is 3.95. The molecule has 1 saturated carbocycles. The van der Waals surface area contributed by atoms with Gasteiger partial charge in [0.1, 0.15) is 0 Å². The average Bonchev–Trinajstić information content (AvgIpc) is 3.38. The van der Waals surface area contributed by atoms with Crippen LogP contribution < -0.4 is 5.32 Å². The van der Waals surface area contributed by atoms with Crippen LogP contribution in [0.1, 0.15) is 50.5 Å². The van der Waals surface area contributed by atoms with Crippen molar-refractivity contribution < 1.29 is 9.59 Å². The summed E-state index contributed by atoms with van der Waals surface area (Å²) in [4.78, 5) is 29.3. The maximum atomic E-state index is 12.6. The van der Waals surface area contributed by atoms with Crippen LogP contribution >= 0.6 is 0 Å². The molecule has 1 N–H and O–H groups in total. The smallest absolute Gasteiger partial charge is 0.229 e. The number of carbonyl (C=O) groups is 2. The molecule has 3 fully saturated rings. The second-order valence-electron chi connectivity index (χ2n) is 8.05. The Kier molecular flexibility index (Phi) is 5.25. The maximum absolute atomic E-state index is 12.6. The number of hydrogen-bond donors (Lipinski definition) is 1. The molecule has 5 nitrogen and oxygen atoms in total. The van der Waals surface area contributed by atoms with Crippen molar-refractivity contribution >= 4 is 17.5 Å². The molecule has 4 rings (SSSR count).